The fraction of sp³-hybridized carbons (Fsp3) is 0.300. The third-order valence-corrected chi connectivity index (χ3v) is 4.00. The Bertz CT molecular complexity index is 552. The van der Waals surface area contributed by atoms with Gasteiger partial charge in [-0.15, -0.1) is 0 Å². The number of non-ortho nitro benzene ring substituents is 1. The number of rotatable bonds is 6. The predicted molar refractivity (Wildman–Crippen MR) is 72.0 cm³/mol. The van der Waals surface area contributed by atoms with E-state index in [-0.39, 0.29) is 28.6 Å². The second-order valence-electron chi connectivity index (χ2n) is 3.73. The molecular formula is C10H12N2O4S2. The number of sulfone groups is 1. The molecule has 1 rings (SSSR count). The van der Waals surface area contributed by atoms with Crippen molar-refractivity contribution in [3.05, 3.63) is 39.9 Å². The van der Waals surface area contributed by atoms with Gasteiger partial charge in [-0.3, -0.25) is 10.1 Å². The number of nitrogens with zero attached hydrogens (tertiary/aromatic N) is 1. The Morgan fingerprint density at radius 3 is 2.33 bits per heavy atom. The number of thiocarbonyl (C=S) groups is 1. The average Bonchev–Trinajstić information content (AvgIpc) is 2.27. The van der Waals surface area contributed by atoms with Gasteiger partial charge in [-0.25, -0.2) is 8.42 Å². The number of hydrogen-bond acceptors (Lipinski definition) is 5. The molecule has 6 nitrogen and oxygen atoms in total. The van der Waals surface area contributed by atoms with Gasteiger partial charge in [0.25, 0.3) is 5.69 Å². The maximum Gasteiger partial charge on any atom is 0.269 e. The minimum atomic E-state index is -3.30. The molecule has 2 N–H and O–H groups in total. The van der Waals surface area contributed by atoms with Crippen LogP contribution in [0.1, 0.15) is 12.0 Å². The van der Waals surface area contributed by atoms with E-state index in [0.29, 0.717) is 5.56 Å². The molecule has 0 radical (unpaired) electrons. The van der Waals surface area contributed by atoms with Crippen LogP contribution in [0.15, 0.2) is 24.3 Å². The highest BCUT2D eigenvalue weighted by atomic mass is 32.2. The first-order valence-corrected chi connectivity index (χ1v) is 7.25. The highest BCUT2D eigenvalue weighted by Gasteiger charge is 2.13. The first kappa shape index (κ1) is 14.5. The Labute approximate surface area is 110 Å². The number of nitro benzene ring substituents is 1. The Morgan fingerprint density at radius 1 is 1.33 bits per heavy atom. The van der Waals surface area contributed by atoms with E-state index in [0.717, 1.165) is 0 Å². The fourth-order valence-electron chi connectivity index (χ4n) is 1.30. The lowest BCUT2D eigenvalue weighted by Crippen LogP contribution is -2.16. The first-order chi connectivity index (χ1) is 8.30. The van der Waals surface area contributed by atoms with Gasteiger partial charge in [0.1, 0.15) is 0 Å². The Hall–Kier alpha value is -1.54. The number of nitro groups is 1. The van der Waals surface area contributed by atoms with Crippen LogP contribution >= 0.6 is 12.2 Å². The summed E-state index contributed by atoms with van der Waals surface area (Å²) in [6, 6.07) is 5.41. The molecule has 98 valence electrons. The quantitative estimate of drug-likeness (QED) is 0.479. The summed E-state index contributed by atoms with van der Waals surface area (Å²) in [6.45, 7) is 0. The summed E-state index contributed by atoms with van der Waals surface area (Å²) >= 11 is 4.61. The van der Waals surface area contributed by atoms with E-state index in [4.69, 9.17) is 5.73 Å². The molecule has 0 atom stereocenters. The maximum absolute atomic E-state index is 11.7. The van der Waals surface area contributed by atoms with E-state index in [1.165, 1.54) is 24.3 Å². The molecule has 0 heterocycles. The summed E-state index contributed by atoms with van der Waals surface area (Å²) in [7, 11) is -3.30. The van der Waals surface area contributed by atoms with E-state index >= 15 is 0 Å². The SMILES string of the molecule is NC(=S)CCS(=O)(=O)Cc1ccc([N+](=O)[O-])cc1. The van der Waals surface area contributed by atoms with E-state index in [9.17, 15) is 18.5 Å². The smallest absolute Gasteiger partial charge is 0.269 e. The first-order valence-electron chi connectivity index (χ1n) is 5.02. The van der Waals surface area contributed by atoms with Crippen LogP contribution in [0.2, 0.25) is 0 Å². The standard InChI is InChI=1S/C10H12N2O4S2/c11-10(17)5-6-18(15,16)7-8-1-3-9(4-2-8)12(13)14/h1-4H,5-7H2,(H2,11,17). The minimum absolute atomic E-state index is 0.0701. The van der Waals surface area contributed by atoms with Crippen molar-refractivity contribution in [2.75, 3.05) is 5.75 Å². The number of benzene rings is 1. The summed E-state index contributed by atoms with van der Waals surface area (Å²) < 4.78 is 23.3. The molecule has 0 bridgehead atoms. The summed E-state index contributed by atoms with van der Waals surface area (Å²) in [5.41, 5.74) is 5.67. The molecule has 1 aromatic rings. The van der Waals surface area contributed by atoms with Crippen LogP contribution in [0.5, 0.6) is 0 Å². The van der Waals surface area contributed by atoms with E-state index in [1.807, 2.05) is 0 Å². The molecule has 0 aromatic heterocycles. The zero-order valence-corrected chi connectivity index (χ0v) is 11.0. The van der Waals surface area contributed by atoms with Crippen molar-refractivity contribution < 1.29 is 13.3 Å². The van der Waals surface area contributed by atoms with Crippen LogP contribution in [0.3, 0.4) is 0 Å². The third kappa shape index (κ3) is 4.76. The van der Waals surface area contributed by atoms with E-state index in [1.54, 1.807) is 0 Å². The molecule has 0 aliphatic heterocycles. The summed E-state index contributed by atoms with van der Waals surface area (Å²) in [6.07, 6.45) is 0.144. The van der Waals surface area contributed by atoms with Crippen molar-refractivity contribution >= 4 is 32.7 Å². The molecule has 0 amide bonds. The van der Waals surface area contributed by atoms with Crippen LogP contribution in [0.25, 0.3) is 0 Å². The molecule has 0 saturated heterocycles. The highest BCUT2D eigenvalue weighted by Crippen LogP contribution is 2.14. The molecule has 0 spiro atoms. The maximum atomic E-state index is 11.7. The van der Waals surface area contributed by atoms with Gasteiger partial charge >= 0.3 is 0 Å². The molecule has 0 unspecified atom stereocenters. The van der Waals surface area contributed by atoms with Crippen molar-refractivity contribution in [1.29, 1.82) is 0 Å². The van der Waals surface area contributed by atoms with Crippen LogP contribution in [-0.2, 0) is 15.6 Å². The van der Waals surface area contributed by atoms with Gasteiger partial charge in [0.05, 0.1) is 21.4 Å². The van der Waals surface area contributed by atoms with E-state index in [2.05, 4.69) is 12.2 Å². The van der Waals surface area contributed by atoms with Crippen molar-refractivity contribution in [2.24, 2.45) is 5.73 Å². The Balaban J connectivity index is 2.72. The van der Waals surface area contributed by atoms with Crippen molar-refractivity contribution in [2.45, 2.75) is 12.2 Å². The van der Waals surface area contributed by atoms with Crippen LogP contribution < -0.4 is 5.73 Å². The lowest BCUT2D eigenvalue weighted by Gasteiger charge is -2.03. The van der Waals surface area contributed by atoms with Gasteiger partial charge in [0.2, 0.25) is 0 Å². The molecular weight excluding hydrogens is 276 g/mol. The summed E-state index contributed by atoms with van der Waals surface area (Å²) in [5, 5.41) is 10.4. The molecule has 8 heteroatoms. The van der Waals surface area contributed by atoms with E-state index < -0.39 is 14.8 Å². The zero-order chi connectivity index (χ0) is 13.8. The average molecular weight is 288 g/mol. The highest BCUT2D eigenvalue weighted by molar-refractivity contribution is 7.90. The second kappa shape index (κ2) is 5.87. The molecule has 18 heavy (non-hydrogen) atoms. The Morgan fingerprint density at radius 2 is 1.89 bits per heavy atom. The largest absolute Gasteiger partial charge is 0.393 e. The van der Waals surface area contributed by atoms with Crippen LogP contribution in [0.4, 0.5) is 5.69 Å². The normalized spacial score (nSPS) is 11.1. The van der Waals surface area contributed by atoms with Gasteiger partial charge in [-0.1, -0.05) is 24.4 Å². The topological polar surface area (TPSA) is 103 Å². The fourth-order valence-corrected chi connectivity index (χ4v) is 2.90. The predicted octanol–water partition coefficient (Wildman–Crippen LogP) is 1.19. The molecule has 0 aliphatic rings. The molecule has 1 aromatic carbocycles. The minimum Gasteiger partial charge on any atom is -0.393 e. The summed E-state index contributed by atoms with van der Waals surface area (Å²) in [4.78, 5) is 10.1. The lowest BCUT2D eigenvalue weighted by atomic mass is 10.2. The van der Waals surface area contributed by atoms with Crippen molar-refractivity contribution in [3.63, 3.8) is 0 Å². The number of nitrogens with two attached hydrogens (primary N) is 1. The van der Waals surface area contributed by atoms with Gasteiger partial charge in [-0.05, 0) is 5.56 Å². The third-order valence-electron chi connectivity index (χ3n) is 2.19. The van der Waals surface area contributed by atoms with Crippen LogP contribution in [0, 0.1) is 10.1 Å². The number of hydrogen-bond donors (Lipinski definition) is 1. The van der Waals surface area contributed by atoms with Crippen LogP contribution in [-0.4, -0.2) is 24.1 Å². The summed E-state index contributed by atoms with van der Waals surface area (Å²) in [5.74, 6) is -0.285. The molecule has 0 saturated carbocycles. The van der Waals surface area contributed by atoms with Gasteiger partial charge < -0.3 is 5.73 Å². The van der Waals surface area contributed by atoms with Gasteiger partial charge in [0, 0.05) is 18.6 Å². The van der Waals surface area contributed by atoms with Crippen molar-refractivity contribution in [3.8, 4) is 0 Å². The van der Waals surface area contributed by atoms with Gasteiger partial charge in [-0.2, -0.15) is 0 Å². The van der Waals surface area contributed by atoms with Gasteiger partial charge in [0.15, 0.2) is 9.84 Å². The zero-order valence-electron chi connectivity index (χ0n) is 9.40. The monoisotopic (exact) mass is 288 g/mol. The Kier molecular flexibility index (Phi) is 4.74. The lowest BCUT2D eigenvalue weighted by molar-refractivity contribution is -0.384. The molecule has 0 fully saturated rings. The second-order valence-corrected chi connectivity index (χ2v) is 6.44. The van der Waals surface area contributed by atoms with Crippen molar-refractivity contribution in [1.82, 2.24) is 0 Å². The molecule has 0 aliphatic carbocycles.